The van der Waals surface area contributed by atoms with Crippen LogP contribution in [0, 0.1) is 0 Å². The van der Waals surface area contributed by atoms with Gasteiger partial charge in [0, 0.05) is 0 Å². The second-order valence-electron chi connectivity index (χ2n) is 5.19. The lowest BCUT2D eigenvalue weighted by atomic mass is 9.95. The van der Waals surface area contributed by atoms with Gasteiger partial charge in [0.2, 0.25) is 0 Å². The van der Waals surface area contributed by atoms with Crippen LogP contribution in [-0.4, -0.2) is 11.2 Å². The minimum absolute atomic E-state index is 0.159. The first-order chi connectivity index (χ1) is 9.61. The van der Waals surface area contributed by atoms with E-state index < -0.39 is 6.10 Å². The first kappa shape index (κ1) is 14.6. The van der Waals surface area contributed by atoms with Gasteiger partial charge in [-0.25, -0.2) is 0 Å². The Morgan fingerprint density at radius 3 is 2.25 bits per heavy atom. The molecule has 0 aromatic heterocycles. The van der Waals surface area contributed by atoms with Crippen molar-refractivity contribution in [2.24, 2.45) is 0 Å². The van der Waals surface area contributed by atoms with E-state index in [-0.39, 0.29) is 6.10 Å². The normalized spacial score (nSPS) is 12.4. The largest absolute Gasteiger partial charge is 0.491 e. The Labute approximate surface area is 121 Å². The average Bonchev–Trinajstić information content (AvgIpc) is 2.46. The van der Waals surface area contributed by atoms with Crippen LogP contribution in [0.1, 0.15) is 43.6 Å². The van der Waals surface area contributed by atoms with Gasteiger partial charge in [0.05, 0.1) is 6.10 Å². The fraction of sp³-hybridized carbons (Fsp3) is 0.333. The minimum atomic E-state index is -0.584. The summed E-state index contributed by atoms with van der Waals surface area (Å²) in [6.07, 6.45) is 0.493. The van der Waals surface area contributed by atoms with Gasteiger partial charge in [-0.3, -0.25) is 0 Å². The minimum Gasteiger partial charge on any atom is -0.491 e. The van der Waals surface area contributed by atoms with Crippen LogP contribution in [0.25, 0.3) is 0 Å². The summed E-state index contributed by atoms with van der Waals surface area (Å²) in [5.41, 5.74) is 3.05. The van der Waals surface area contributed by atoms with Crippen molar-refractivity contribution in [3.05, 3.63) is 65.2 Å². The van der Waals surface area contributed by atoms with Gasteiger partial charge >= 0.3 is 0 Å². The van der Waals surface area contributed by atoms with E-state index in [1.165, 1.54) is 5.56 Å². The summed E-state index contributed by atoms with van der Waals surface area (Å²) < 4.78 is 5.62. The molecule has 0 fully saturated rings. The maximum Gasteiger partial charge on any atom is 0.119 e. The van der Waals surface area contributed by atoms with Crippen LogP contribution in [0.4, 0.5) is 0 Å². The molecule has 2 rings (SSSR count). The SMILES string of the molecule is CCc1ccccc1C(O)c1ccc(OC(C)C)cc1. The zero-order chi connectivity index (χ0) is 14.5. The number of aryl methyl sites for hydroxylation is 1. The van der Waals surface area contributed by atoms with E-state index in [0.29, 0.717) is 0 Å². The maximum atomic E-state index is 10.5. The van der Waals surface area contributed by atoms with E-state index >= 15 is 0 Å². The van der Waals surface area contributed by atoms with Crippen molar-refractivity contribution in [3.63, 3.8) is 0 Å². The van der Waals surface area contributed by atoms with Crippen molar-refractivity contribution in [3.8, 4) is 5.75 Å². The highest BCUT2D eigenvalue weighted by Crippen LogP contribution is 2.27. The smallest absolute Gasteiger partial charge is 0.119 e. The monoisotopic (exact) mass is 270 g/mol. The van der Waals surface area contributed by atoms with Crippen LogP contribution >= 0.6 is 0 Å². The maximum absolute atomic E-state index is 10.5. The number of benzene rings is 2. The van der Waals surface area contributed by atoms with E-state index in [0.717, 1.165) is 23.3 Å². The van der Waals surface area contributed by atoms with E-state index in [9.17, 15) is 5.11 Å². The van der Waals surface area contributed by atoms with Crippen LogP contribution in [0.2, 0.25) is 0 Å². The van der Waals surface area contributed by atoms with Gasteiger partial charge in [-0.1, -0.05) is 43.3 Å². The van der Waals surface area contributed by atoms with Crippen molar-refractivity contribution < 1.29 is 9.84 Å². The summed E-state index contributed by atoms with van der Waals surface area (Å²) >= 11 is 0. The fourth-order valence-corrected chi connectivity index (χ4v) is 2.30. The number of rotatable bonds is 5. The number of aliphatic hydroxyl groups is 1. The molecule has 0 aliphatic rings. The highest BCUT2D eigenvalue weighted by molar-refractivity contribution is 5.38. The molecule has 106 valence electrons. The Hall–Kier alpha value is -1.80. The molecule has 1 unspecified atom stereocenters. The summed E-state index contributed by atoms with van der Waals surface area (Å²) in [5, 5.41) is 10.5. The summed E-state index contributed by atoms with van der Waals surface area (Å²) in [4.78, 5) is 0. The second kappa shape index (κ2) is 6.58. The Morgan fingerprint density at radius 2 is 1.65 bits per heavy atom. The van der Waals surface area contributed by atoms with Gasteiger partial charge in [-0.05, 0) is 49.1 Å². The van der Waals surface area contributed by atoms with Crippen molar-refractivity contribution in [2.75, 3.05) is 0 Å². The van der Waals surface area contributed by atoms with Gasteiger partial charge in [-0.2, -0.15) is 0 Å². The van der Waals surface area contributed by atoms with Crippen LogP contribution in [0.5, 0.6) is 5.75 Å². The lowest BCUT2D eigenvalue weighted by Gasteiger charge is -2.16. The van der Waals surface area contributed by atoms with Gasteiger partial charge in [0.25, 0.3) is 0 Å². The molecular weight excluding hydrogens is 248 g/mol. The quantitative estimate of drug-likeness (QED) is 0.885. The third-order valence-electron chi connectivity index (χ3n) is 3.30. The highest BCUT2D eigenvalue weighted by Gasteiger charge is 2.13. The number of hydrogen-bond donors (Lipinski definition) is 1. The zero-order valence-corrected chi connectivity index (χ0v) is 12.3. The zero-order valence-electron chi connectivity index (χ0n) is 12.3. The van der Waals surface area contributed by atoms with Crippen molar-refractivity contribution in [1.82, 2.24) is 0 Å². The predicted octanol–water partition coefficient (Wildman–Crippen LogP) is 4.12. The first-order valence-corrected chi connectivity index (χ1v) is 7.14. The van der Waals surface area contributed by atoms with Gasteiger partial charge in [-0.15, -0.1) is 0 Å². The van der Waals surface area contributed by atoms with Crippen LogP contribution in [-0.2, 0) is 6.42 Å². The lowest BCUT2D eigenvalue weighted by molar-refractivity contribution is 0.218. The van der Waals surface area contributed by atoms with E-state index in [1.807, 2.05) is 56.3 Å². The molecule has 20 heavy (non-hydrogen) atoms. The molecule has 2 aromatic carbocycles. The molecule has 0 aliphatic heterocycles. The second-order valence-corrected chi connectivity index (χ2v) is 5.19. The van der Waals surface area contributed by atoms with Crippen LogP contribution < -0.4 is 4.74 Å². The summed E-state index contributed by atoms with van der Waals surface area (Å²) in [6.45, 7) is 6.10. The average molecular weight is 270 g/mol. The molecule has 1 N–H and O–H groups in total. The van der Waals surface area contributed by atoms with E-state index in [2.05, 4.69) is 13.0 Å². The summed E-state index contributed by atoms with van der Waals surface area (Å²) in [6, 6.07) is 15.7. The third kappa shape index (κ3) is 3.40. The fourth-order valence-electron chi connectivity index (χ4n) is 2.30. The molecule has 0 radical (unpaired) electrons. The van der Waals surface area contributed by atoms with Crippen LogP contribution in [0.15, 0.2) is 48.5 Å². The van der Waals surface area contributed by atoms with E-state index in [1.54, 1.807) is 0 Å². The van der Waals surface area contributed by atoms with Crippen molar-refractivity contribution in [1.29, 1.82) is 0 Å². The standard InChI is InChI=1S/C18H22O2/c1-4-14-7-5-6-8-17(14)18(19)15-9-11-16(12-10-15)20-13(2)3/h5-13,18-19H,4H2,1-3H3. The number of aliphatic hydroxyl groups excluding tert-OH is 1. The molecule has 0 spiro atoms. The molecule has 1 atom stereocenters. The van der Waals surface area contributed by atoms with Gasteiger partial charge < -0.3 is 9.84 Å². The Morgan fingerprint density at radius 1 is 1.00 bits per heavy atom. The summed E-state index contributed by atoms with van der Waals surface area (Å²) in [7, 11) is 0. The summed E-state index contributed by atoms with van der Waals surface area (Å²) in [5.74, 6) is 0.833. The molecule has 0 heterocycles. The van der Waals surface area contributed by atoms with E-state index in [4.69, 9.17) is 4.74 Å². The van der Waals surface area contributed by atoms with Crippen molar-refractivity contribution in [2.45, 2.75) is 39.4 Å². The molecule has 0 saturated heterocycles. The Bertz CT molecular complexity index is 544. The number of hydrogen-bond acceptors (Lipinski definition) is 2. The highest BCUT2D eigenvalue weighted by atomic mass is 16.5. The number of ether oxygens (including phenoxy) is 1. The Kier molecular flexibility index (Phi) is 4.80. The molecule has 0 amide bonds. The molecule has 2 aromatic rings. The molecular formula is C18H22O2. The predicted molar refractivity (Wildman–Crippen MR) is 82.1 cm³/mol. The topological polar surface area (TPSA) is 29.5 Å². The Balaban J connectivity index is 2.22. The van der Waals surface area contributed by atoms with Gasteiger partial charge in [0.1, 0.15) is 11.9 Å². The molecule has 0 aliphatic carbocycles. The third-order valence-corrected chi connectivity index (χ3v) is 3.30. The van der Waals surface area contributed by atoms with Crippen LogP contribution in [0.3, 0.4) is 0 Å². The van der Waals surface area contributed by atoms with Gasteiger partial charge in [0.15, 0.2) is 0 Å². The first-order valence-electron chi connectivity index (χ1n) is 7.14. The molecule has 2 heteroatoms. The molecule has 2 nitrogen and oxygen atoms in total. The molecule has 0 saturated carbocycles. The molecule has 0 bridgehead atoms. The van der Waals surface area contributed by atoms with Crippen molar-refractivity contribution >= 4 is 0 Å². The lowest BCUT2D eigenvalue weighted by Crippen LogP contribution is -2.06.